The molecule has 0 saturated heterocycles. The van der Waals surface area contributed by atoms with Crippen molar-refractivity contribution in [2.75, 3.05) is 7.11 Å². The topological polar surface area (TPSA) is 50.8 Å². The largest absolute Gasteiger partial charge is 0.497 e. The molecule has 0 aliphatic heterocycles. The average molecular weight is 278 g/mol. The monoisotopic (exact) mass is 277 g/mol. The van der Waals surface area contributed by atoms with E-state index in [1.165, 1.54) is 0 Å². The zero-order chi connectivity index (χ0) is 11.5. The molecule has 16 heavy (non-hydrogen) atoms. The lowest BCUT2D eigenvalue weighted by atomic mass is 10.3. The second kappa shape index (κ2) is 4.37. The summed E-state index contributed by atoms with van der Waals surface area (Å²) in [5, 5.41) is 12.9. The van der Waals surface area contributed by atoms with Crippen molar-refractivity contribution >= 4 is 15.9 Å². The summed E-state index contributed by atoms with van der Waals surface area (Å²) >= 11 is 3.27. The van der Waals surface area contributed by atoms with Crippen molar-refractivity contribution in [3.05, 3.63) is 40.6 Å². The summed E-state index contributed by atoms with van der Waals surface area (Å²) < 4.78 is 7.43. The van der Waals surface area contributed by atoms with Crippen molar-refractivity contribution in [1.29, 1.82) is 5.26 Å². The van der Waals surface area contributed by atoms with Gasteiger partial charge >= 0.3 is 0 Å². The zero-order valence-corrected chi connectivity index (χ0v) is 10.1. The number of rotatable bonds is 2. The molecule has 0 saturated carbocycles. The first-order valence-electron chi connectivity index (χ1n) is 4.54. The predicted molar refractivity (Wildman–Crippen MR) is 62.5 cm³/mol. The van der Waals surface area contributed by atoms with Crippen LogP contribution >= 0.6 is 15.9 Å². The van der Waals surface area contributed by atoms with Crippen LogP contribution in [0.4, 0.5) is 0 Å². The highest BCUT2D eigenvalue weighted by Crippen LogP contribution is 2.20. The van der Waals surface area contributed by atoms with Gasteiger partial charge in [-0.25, -0.2) is 4.68 Å². The van der Waals surface area contributed by atoms with Crippen LogP contribution in [0.2, 0.25) is 0 Å². The zero-order valence-electron chi connectivity index (χ0n) is 8.51. The standard InChI is InChI=1S/C11H8BrN3O/c1-16-9-4-2-3-8(5-9)15-7-10(12)11(6-13)14-15/h2-5,7H,1H3. The Bertz CT molecular complexity index is 557. The molecule has 4 nitrogen and oxygen atoms in total. The molecule has 0 aliphatic rings. The predicted octanol–water partition coefficient (Wildman–Crippen LogP) is 2.52. The maximum Gasteiger partial charge on any atom is 0.177 e. The van der Waals surface area contributed by atoms with E-state index in [-0.39, 0.29) is 0 Å². The summed E-state index contributed by atoms with van der Waals surface area (Å²) in [6.07, 6.45) is 1.74. The number of nitrogens with zero attached hydrogens (tertiary/aromatic N) is 3. The van der Waals surface area contributed by atoms with Gasteiger partial charge in [-0.2, -0.15) is 10.4 Å². The third-order valence-corrected chi connectivity index (χ3v) is 2.67. The fourth-order valence-corrected chi connectivity index (χ4v) is 1.68. The lowest BCUT2D eigenvalue weighted by molar-refractivity contribution is 0.414. The fourth-order valence-electron chi connectivity index (χ4n) is 1.31. The summed E-state index contributed by atoms with van der Waals surface area (Å²) in [6, 6.07) is 9.47. The number of aromatic nitrogens is 2. The minimum Gasteiger partial charge on any atom is -0.497 e. The molecule has 0 fully saturated rings. The van der Waals surface area contributed by atoms with E-state index in [2.05, 4.69) is 21.0 Å². The van der Waals surface area contributed by atoms with Gasteiger partial charge < -0.3 is 4.74 Å². The van der Waals surface area contributed by atoms with Gasteiger partial charge in [-0.1, -0.05) is 6.07 Å². The molecule has 0 aliphatic carbocycles. The highest BCUT2D eigenvalue weighted by Gasteiger charge is 2.07. The maximum atomic E-state index is 8.80. The summed E-state index contributed by atoms with van der Waals surface area (Å²) in [7, 11) is 1.61. The highest BCUT2D eigenvalue weighted by molar-refractivity contribution is 9.10. The van der Waals surface area contributed by atoms with E-state index in [4.69, 9.17) is 10.00 Å². The molecule has 1 aromatic heterocycles. The molecule has 0 atom stereocenters. The number of halogens is 1. The van der Waals surface area contributed by atoms with E-state index in [1.807, 2.05) is 30.3 Å². The Balaban J connectivity index is 2.46. The molecule has 0 amide bonds. The molecule has 2 aromatic rings. The van der Waals surface area contributed by atoms with Crippen LogP contribution in [0.15, 0.2) is 34.9 Å². The van der Waals surface area contributed by atoms with Crippen molar-refractivity contribution < 1.29 is 4.74 Å². The van der Waals surface area contributed by atoms with Gasteiger partial charge in [0.05, 0.1) is 17.3 Å². The number of hydrogen-bond acceptors (Lipinski definition) is 3. The van der Waals surface area contributed by atoms with Crippen molar-refractivity contribution in [3.8, 4) is 17.5 Å². The first kappa shape index (κ1) is 10.7. The minimum absolute atomic E-state index is 0.364. The Kier molecular flexibility index (Phi) is 2.93. The van der Waals surface area contributed by atoms with Crippen LogP contribution in [0.1, 0.15) is 5.69 Å². The van der Waals surface area contributed by atoms with Crippen LogP contribution in [0, 0.1) is 11.3 Å². The van der Waals surface area contributed by atoms with E-state index in [9.17, 15) is 0 Å². The average Bonchev–Trinajstić information content (AvgIpc) is 2.71. The van der Waals surface area contributed by atoms with Crippen molar-refractivity contribution in [2.45, 2.75) is 0 Å². The van der Waals surface area contributed by atoms with Gasteiger partial charge in [0.2, 0.25) is 0 Å². The van der Waals surface area contributed by atoms with Gasteiger partial charge in [0.25, 0.3) is 0 Å². The third kappa shape index (κ3) is 1.92. The summed E-state index contributed by atoms with van der Waals surface area (Å²) in [5.41, 5.74) is 1.21. The maximum absolute atomic E-state index is 8.80. The molecule has 2 rings (SSSR count). The Hall–Kier alpha value is -1.80. The van der Waals surface area contributed by atoms with Crippen LogP contribution in [-0.4, -0.2) is 16.9 Å². The Morgan fingerprint density at radius 3 is 2.94 bits per heavy atom. The quantitative estimate of drug-likeness (QED) is 0.848. The molecular formula is C11H8BrN3O. The van der Waals surface area contributed by atoms with E-state index in [0.29, 0.717) is 10.2 Å². The molecule has 0 radical (unpaired) electrons. The Labute approximate surface area is 101 Å². The second-order valence-electron chi connectivity index (χ2n) is 3.08. The van der Waals surface area contributed by atoms with Gasteiger partial charge in [-0.05, 0) is 28.1 Å². The smallest absolute Gasteiger partial charge is 0.177 e. The van der Waals surface area contributed by atoms with Gasteiger partial charge in [0.1, 0.15) is 11.8 Å². The van der Waals surface area contributed by atoms with Crippen LogP contribution in [-0.2, 0) is 0 Å². The van der Waals surface area contributed by atoms with Crippen molar-refractivity contribution in [3.63, 3.8) is 0 Å². The second-order valence-corrected chi connectivity index (χ2v) is 3.94. The number of benzene rings is 1. The number of nitriles is 1. The summed E-state index contributed by atoms with van der Waals surface area (Å²) in [4.78, 5) is 0. The SMILES string of the molecule is COc1cccc(-n2cc(Br)c(C#N)n2)c1. The van der Waals surface area contributed by atoms with Gasteiger partial charge in [-0.3, -0.25) is 0 Å². The molecule has 0 N–H and O–H groups in total. The fraction of sp³-hybridized carbons (Fsp3) is 0.0909. The molecule has 0 spiro atoms. The van der Waals surface area contributed by atoms with Crippen molar-refractivity contribution in [2.24, 2.45) is 0 Å². The van der Waals surface area contributed by atoms with E-state index < -0.39 is 0 Å². The van der Waals surface area contributed by atoms with Gasteiger partial charge in [0.15, 0.2) is 5.69 Å². The van der Waals surface area contributed by atoms with Crippen LogP contribution in [0.5, 0.6) is 5.75 Å². The lowest BCUT2D eigenvalue weighted by Gasteiger charge is -2.03. The molecule has 80 valence electrons. The molecular weight excluding hydrogens is 270 g/mol. The summed E-state index contributed by atoms with van der Waals surface area (Å²) in [6.45, 7) is 0. The van der Waals surface area contributed by atoms with Gasteiger partial charge in [-0.15, -0.1) is 0 Å². The summed E-state index contributed by atoms with van der Waals surface area (Å²) in [5.74, 6) is 0.752. The minimum atomic E-state index is 0.364. The molecule has 0 unspecified atom stereocenters. The normalized spacial score (nSPS) is 9.81. The van der Waals surface area contributed by atoms with Crippen LogP contribution in [0.25, 0.3) is 5.69 Å². The first-order valence-corrected chi connectivity index (χ1v) is 5.33. The first-order chi connectivity index (χ1) is 7.74. The highest BCUT2D eigenvalue weighted by atomic mass is 79.9. The number of ether oxygens (including phenoxy) is 1. The number of hydrogen-bond donors (Lipinski definition) is 0. The molecule has 5 heteroatoms. The van der Waals surface area contributed by atoms with E-state index >= 15 is 0 Å². The molecule has 1 aromatic carbocycles. The Morgan fingerprint density at radius 1 is 1.50 bits per heavy atom. The molecule has 0 bridgehead atoms. The van der Waals surface area contributed by atoms with E-state index in [0.717, 1.165) is 11.4 Å². The van der Waals surface area contributed by atoms with Crippen LogP contribution in [0.3, 0.4) is 0 Å². The molecule has 1 heterocycles. The Morgan fingerprint density at radius 2 is 2.31 bits per heavy atom. The van der Waals surface area contributed by atoms with E-state index in [1.54, 1.807) is 18.0 Å². The van der Waals surface area contributed by atoms with Crippen LogP contribution < -0.4 is 4.74 Å². The van der Waals surface area contributed by atoms with Crippen molar-refractivity contribution in [1.82, 2.24) is 9.78 Å². The third-order valence-electron chi connectivity index (χ3n) is 2.09. The lowest BCUT2D eigenvalue weighted by Crippen LogP contribution is -1.95. The van der Waals surface area contributed by atoms with Gasteiger partial charge in [0, 0.05) is 12.3 Å². The number of methoxy groups -OCH3 is 1.